The number of benzene rings is 2. The van der Waals surface area contributed by atoms with Gasteiger partial charge in [-0.25, -0.2) is 8.78 Å². The number of nitro benzene ring substituents is 1. The Bertz CT molecular complexity index is 729. The molecule has 2 aromatic rings. The maximum atomic E-state index is 13.5. The molecule has 21 heavy (non-hydrogen) atoms. The molecule has 0 amide bonds. The molecule has 0 aromatic heterocycles. The van der Waals surface area contributed by atoms with Gasteiger partial charge in [0.25, 0.3) is 5.69 Å². The van der Waals surface area contributed by atoms with Crippen molar-refractivity contribution in [2.24, 2.45) is 0 Å². The van der Waals surface area contributed by atoms with Crippen molar-refractivity contribution in [1.82, 2.24) is 0 Å². The monoisotopic (exact) mass is 291 g/mol. The van der Waals surface area contributed by atoms with Crippen LogP contribution in [0.3, 0.4) is 0 Å². The predicted octanol–water partition coefficient (Wildman–Crippen LogP) is 3.61. The molecule has 108 valence electrons. The van der Waals surface area contributed by atoms with Gasteiger partial charge in [0.2, 0.25) is 0 Å². The highest BCUT2D eigenvalue weighted by atomic mass is 19.2. The van der Waals surface area contributed by atoms with Crippen LogP contribution in [0.25, 0.3) is 0 Å². The number of nitrogens with zero attached hydrogens (tertiary/aromatic N) is 1. The fourth-order valence-corrected chi connectivity index (χ4v) is 2.03. The van der Waals surface area contributed by atoms with E-state index in [0.29, 0.717) is 5.56 Å². The molecule has 6 heteroatoms. The Kier molecular flexibility index (Phi) is 4.07. The molecule has 0 atom stereocenters. The molecule has 0 saturated heterocycles. The average molecular weight is 291 g/mol. The number of nitro groups is 1. The molecule has 2 rings (SSSR count). The van der Waals surface area contributed by atoms with Crippen LogP contribution < -0.4 is 0 Å². The number of hydrogen-bond donors (Lipinski definition) is 0. The van der Waals surface area contributed by atoms with Gasteiger partial charge >= 0.3 is 0 Å². The number of carbonyl (C=O) groups is 1. The van der Waals surface area contributed by atoms with Crippen LogP contribution in [-0.2, 0) is 6.42 Å². The number of rotatable bonds is 4. The molecule has 0 unspecified atom stereocenters. The molecule has 2 aromatic carbocycles. The topological polar surface area (TPSA) is 60.2 Å². The largest absolute Gasteiger partial charge is 0.294 e. The SMILES string of the molecule is Cc1cc([N+](=O)[O-])ccc1C(=O)Cc1cccc(F)c1F. The summed E-state index contributed by atoms with van der Waals surface area (Å²) in [7, 11) is 0. The second kappa shape index (κ2) is 5.78. The highest BCUT2D eigenvalue weighted by molar-refractivity contribution is 5.99. The van der Waals surface area contributed by atoms with Crippen LogP contribution in [0.5, 0.6) is 0 Å². The highest BCUT2D eigenvalue weighted by Crippen LogP contribution is 2.20. The summed E-state index contributed by atoms with van der Waals surface area (Å²) in [6, 6.07) is 7.44. The van der Waals surface area contributed by atoms with E-state index >= 15 is 0 Å². The zero-order valence-corrected chi connectivity index (χ0v) is 11.1. The van der Waals surface area contributed by atoms with E-state index in [9.17, 15) is 23.7 Å². The van der Waals surface area contributed by atoms with Gasteiger partial charge in [0.05, 0.1) is 4.92 Å². The fourth-order valence-electron chi connectivity index (χ4n) is 2.03. The lowest BCUT2D eigenvalue weighted by Crippen LogP contribution is -2.08. The Hall–Kier alpha value is -2.63. The molecule has 0 N–H and O–H groups in total. The van der Waals surface area contributed by atoms with Crippen molar-refractivity contribution in [3.63, 3.8) is 0 Å². The summed E-state index contributed by atoms with van der Waals surface area (Å²) in [6.07, 6.45) is -0.303. The zero-order chi connectivity index (χ0) is 15.6. The van der Waals surface area contributed by atoms with E-state index in [1.54, 1.807) is 6.92 Å². The van der Waals surface area contributed by atoms with Crippen molar-refractivity contribution < 1.29 is 18.5 Å². The van der Waals surface area contributed by atoms with Crippen LogP contribution in [0.4, 0.5) is 14.5 Å². The van der Waals surface area contributed by atoms with Gasteiger partial charge in [0, 0.05) is 24.1 Å². The van der Waals surface area contributed by atoms with Crippen molar-refractivity contribution in [3.8, 4) is 0 Å². The van der Waals surface area contributed by atoms with Gasteiger partial charge in [-0.15, -0.1) is 0 Å². The van der Waals surface area contributed by atoms with E-state index in [-0.39, 0.29) is 23.2 Å². The summed E-state index contributed by atoms with van der Waals surface area (Å²) in [6.45, 7) is 1.56. The summed E-state index contributed by atoms with van der Waals surface area (Å²) in [5.41, 5.74) is 0.508. The minimum atomic E-state index is -1.05. The lowest BCUT2D eigenvalue weighted by Gasteiger charge is -2.06. The Morgan fingerprint density at radius 3 is 2.57 bits per heavy atom. The minimum Gasteiger partial charge on any atom is -0.294 e. The molecule has 0 aliphatic carbocycles. The van der Waals surface area contributed by atoms with Crippen LogP contribution in [0.2, 0.25) is 0 Å². The van der Waals surface area contributed by atoms with E-state index in [0.717, 1.165) is 6.07 Å². The van der Waals surface area contributed by atoms with E-state index in [2.05, 4.69) is 0 Å². The van der Waals surface area contributed by atoms with Crippen LogP contribution in [0.15, 0.2) is 36.4 Å². The fraction of sp³-hybridized carbons (Fsp3) is 0.133. The summed E-state index contributed by atoms with van der Waals surface area (Å²) < 4.78 is 26.6. The van der Waals surface area contributed by atoms with E-state index < -0.39 is 22.3 Å². The first-order valence-corrected chi connectivity index (χ1v) is 6.11. The second-order valence-corrected chi connectivity index (χ2v) is 4.57. The van der Waals surface area contributed by atoms with Crippen LogP contribution in [0.1, 0.15) is 21.5 Å². The normalized spacial score (nSPS) is 10.4. The summed E-state index contributed by atoms with van der Waals surface area (Å²) in [5, 5.41) is 10.6. The first-order valence-electron chi connectivity index (χ1n) is 6.11. The maximum absolute atomic E-state index is 13.5. The number of carbonyl (C=O) groups excluding carboxylic acids is 1. The number of ketones is 1. The Balaban J connectivity index is 2.29. The van der Waals surface area contributed by atoms with Crippen LogP contribution in [-0.4, -0.2) is 10.7 Å². The van der Waals surface area contributed by atoms with Gasteiger partial charge in [-0.3, -0.25) is 14.9 Å². The lowest BCUT2D eigenvalue weighted by atomic mass is 9.98. The van der Waals surface area contributed by atoms with Crippen LogP contribution in [0, 0.1) is 28.7 Å². The molecule has 0 spiro atoms. The van der Waals surface area contributed by atoms with Gasteiger partial charge in [-0.2, -0.15) is 0 Å². The third-order valence-electron chi connectivity index (χ3n) is 3.10. The van der Waals surface area contributed by atoms with E-state index in [1.807, 2.05) is 0 Å². The van der Waals surface area contributed by atoms with Gasteiger partial charge in [-0.1, -0.05) is 12.1 Å². The van der Waals surface area contributed by atoms with Crippen molar-refractivity contribution >= 4 is 11.5 Å². The van der Waals surface area contributed by atoms with Crippen molar-refractivity contribution in [2.75, 3.05) is 0 Å². The number of hydrogen-bond acceptors (Lipinski definition) is 3. The summed E-state index contributed by atoms with van der Waals surface area (Å²) in [5.74, 6) is -2.49. The molecule has 0 bridgehead atoms. The molecular formula is C15H11F2NO3. The average Bonchev–Trinajstić information content (AvgIpc) is 2.43. The first kappa shape index (κ1) is 14.8. The molecule has 0 saturated carbocycles. The molecule has 0 radical (unpaired) electrons. The van der Waals surface area contributed by atoms with Crippen molar-refractivity contribution in [2.45, 2.75) is 13.3 Å². The third-order valence-corrected chi connectivity index (χ3v) is 3.10. The number of Topliss-reactive ketones (excluding diaryl/α,β-unsaturated/α-hetero) is 1. The number of halogens is 2. The molecule has 0 aliphatic rings. The van der Waals surface area contributed by atoms with Crippen molar-refractivity contribution in [1.29, 1.82) is 0 Å². The lowest BCUT2D eigenvalue weighted by molar-refractivity contribution is -0.384. The Morgan fingerprint density at radius 2 is 1.95 bits per heavy atom. The van der Waals surface area contributed by atoms with E-state index in [4.69, 9.17) is 0 Å². The Morgan fingerprint density at radius 1 is 1.24 bits per heavy atom. The zero-order valence-electron chi connectivity index (χ0n) is 11.1. The molecular weight excluding hydrogens is 280 g/mol. The second-order valence-electron chi connectivity index (χ2n) is 4.57. The molecule has 0 fully saturated rings. The van der Waals surface area contributed by atoms with Crippen LogP contribution >= 0.6 is 0 Å². The van der Waals surface area contributed by atoms with Crippen molar-refractivity contribution in [3.05, 3.63) is 74.8 Å². The smallest absolute Gasteiger partial charge is 0.269 e. The number of aryl methyl sites for hydroxylation is 1. The minimum absolute atomic E-state index is 0.0437. The van der Waals surface area contributed by atoms with Gasteiger partial charge in [0.15, 0.2) is 17.4 Å². The van der Waals surface area contributed by atoms with Gasteiger partial charge < -0.3 is 0 Å². The Labute approximate surface area is 119 Å². The summed E-state index contributed by atoms with van der Waals surface area (Å²) >= 11 is 0. The standard InChI is InChI=1S/C15H11F2NO3/c1-9-7-11(18(20)21)5-6-12(9)14(19)8-10-3-2-4-13(16)15(10)17/h2-7H,8H2,1H3. The molecule has 0 heterocycles. The maximum Gasteiger partial charge on any atom is 0.269 e. The predicted molar refractivity (Wildman–Crippen MR) is 72.2 cm³/mol. The highest BCUT2D eigenvalue weighted by Gasteiger charge is 2.16. The van der Waals surface area contributed by atoms with Gasteiger partial charge in [0.1, 0.15) is 0 Å². The molecule has 4 nitrogen and oxygen atoms in total. The summed E-state index contributed by atoms with van der Waals surface area (Å²) in [4.78, 5) is 22.2. The molecule has 0 aliphatic heterocycles. The first-order chi connectivity index (χ1) is 9.90. The van der Waals surface area contributed by atoms with E-state index in [1.165, 1.54) is 30.3 Å². The number of non-ortho nitro benzene ring substituents is 1. The quantitative estimate of drug-likeness (QED) is 0.491. The van der Waals surface area contributed by atoms with Gasteiger partial charge in [-0.05, 0) is 30.2 Å². The third kappa shape index (κ3) is 3.10.